The lowest BCUT2D eigenvalue weighted by atomic mass is 10.2. The van der Waals surface area contributed by atoms with Gasteiger partial charge in [-0.2, -0.15) is 5.26 Å². The molecule has 0 aliphatic heterocycles. The molecular weight excluding hydrogens is 308 g/mol. The Kier molecular flexibility index (Phi) is 3.23. The Labute approximate surface area is 135 Å². The topological polar surface area (TPSA) is 36.7 Å². The highest BCUT2D eigenvalue weighted by atomic mass is 32.1. The zero-order valence-corrected chi connectivity index (χ0v) is 13.1. The number of rotatable bonds is 2. The first-order chi connectivity index (χ1) is 10.8. The summed E-state index contributed by atoms with van der Waals surface area (Å²) >= 11 is 3.25. The second-order valence-corrected chi connectivity index (χ2v) is 6.99. The van der Waals surface area contributed by atoms with Crippen LogP contribution in [0.5, 0.6) is 0 Å². The first-order valence-corrected chi connectivity index (χ1v) is 8.43. The van der Waals surface area contributed by atoms with E-state index in [2.05, 4.69) is 29.3 Å². The molecule has 4 heteroatoms. The van der Waals surface area contributed by atoms with Crippen molar-refractivity contribution in [3.05, 3.63) is 64.5 Å². The minimum atomic E-state index is 0.618. The van der Waals surface area contributed by atoms with E-state index in [4.69, 9.17) is 0 Å². The molecule has 0 spiro atoms. The lowest BCUT2D eigenvalue weighted by Gasteiger charge is -1.90. The standard InChI is InChI=1S/C18H10N2S2/c19-11-13(18-20-15-6-2-4-8-17(15)22-18)10-14-9-12-5-1-3-7-16(12)21-14/h1-10H/b13-10+. The smallest absolute Gasteiger partial charge is 0.135 e. The van der Waals surface area contributed by atoms with Gasteiger partial charge in [0.05, 0.1) is 15.8 Å². The molecule has 0 fully saturated rings. The third-order valence-electron chi connectivity index (χ3n) is 3.38. The van der Waals surface area contributed by atoms with Crippen LogP contribution in [-0.2, 0) is 0 Å². The summed E-state index contributed by atoms with van der Waals surface area (Å²) in [6.07, 6.45) is 1.93. The molecule has 0 aliphatic carbocycles. The average molecular weight is 318 g/mol. The molecule has 0 saturated heterocycles. The number of benzene rings is 2. The van der Waals surface area contributed by atoms with Crippen LogP contribution < -0.4 is 0 Å². The maximum atomic E-state index is 9.49. The van der Waals surface area contributed by atoms with Crippen LogP contribution in [0.15, 0.2) is 54.6 Å². The highest BCUT2D eigenvalue weighted by Crippen LogP contribution is 2.31. The molecule has 0 aliphatic rings. The number of nitrogens with zero attached hydrogens (tertiary/aromatic N) is 2. The van der Waals surface area contributed by atoms with Gasteiger partial charge in [0.2, 0.25) is 0 Å². The molecule has 0 saturated carbocycles. The van der Waals surface area contributed by atoms with Crippen molar-refractivity contribution in [1.82, 2.24) is 4.98 Å². The lowest BCUT2D eigenvalue weighted by Crippen LogP contribution is -1.78. The van der Waals surface area contributed by atoms with Gasteiger partial charge in [-0.3, -0.25) is 0 Å². The zero-order valence-electron chi connectivity index (χ0n) is 11.5. The minimum absolute atomic E-state index is 0.618. The van der Waals surface area contributed by atoms with Crippen LogP contribution >= 0.6 is 22.7 Å². The van der Waals surface area contributed by atoms with E-state index in [0.29, 0.717) is 5.57 Å². The van der Waals surface area contributed by atoms with Crippen molar-refractivity contribution in [1.29, 1.82) is 5.26 Å². The average Bonchev–Trinajstić information content (AvgIpc) is 3.15. The molecule has 0 amide bonds. The summed E-state index contributed by atoms with van der Waals surface area (Å²) in [4.78, 5) is 5.65. The molecule has 4 rings (SSSR count). The van der Waals surface area contributed by atoms with Crippen molar-refractivity contribution in [3.63, 3.8) is 0 Å². The van der Waals surface area contributed by atoms with Gasteiger partial charge >= 0.3 is 0 Å². The van der Waals surface area contributed by atoms with Crippen LogP contribution in [0.2, 0.25) is 0 Å². The van der Waals surface area contributed by atoms with E-state index in [9.17, 15) is 5.26 Å². The number of thiazole rings is 1. The van der Waals surface area contributed by atoms with Gasteiger partial charge in [-0.1, -0.05) is 30.3 Å². The monoisotopic (exact) mass is 318 g/mol. The molecule has 2 aromatic heterocycles. The Morgan fingerprint density at radius 1 is 1.00 bits per heavy atom. The van der Waals surface area contributed by atoms with E-state index in [0.717, 1.165) is 20.1 Å². The van der Waals surface area contributed by atoms with Gasteiger partial charge in [0.15, 0.2) is 0 Å². The van der Waals surface area contributed by atoms with Crippen LogP contribution in [-0.4, -0.2) is 4.98 Å². The fourth-order valence-corrected chi connectivity index (χ4v) is 4.28. The second kappa shape index (κ2) is 5.38. The summed E-state index contributed by atoms with van der Waals surface area (Å²) in [7, 11) is 0. The zero-order chi connectivity index (χ0) is 14.9. The summed E-state index contributed by atoms with van der Waals surface area (Å²) < 4.78 is 2.34. The Balaban J connectivity index is 1.82. The molecule has 0 atom stereocenters. The van der Waals surface area contributed by atoms with E-state index >= 15 is 0 Å². The Morgan fingerprint density at radius 3 is 2.55 bits per heavy atom. The number of allylic oxidation sites excluding steroid dienone is 1. The summed E-state index contributed by atoms with van der Waals surface area (Å²) in [6.45, 7) is 0. The van der Waals surface area contributed by atoms with Gasteiger partial charge < -0.3 is 0 Å². The molecule has 2 heterocycles. The van der Waals surface area contributed by atoms with Gasteiger partial charge in [0, 0.05) is 9.58 Å². The normalized spacial score (nSPS) is 11.9. The van der Waals surface area contributed by atoms with E-state index in [1.165, 1.54) is 10.1 Å². The highest BCUT2D eigenvalue weighted by molar-refractivity contribution is 7.20. The first-order valence-electron chi connectivity index (χ1n) is 6.80. The van der Waals surface area contributed by atoms with E-state index in [-0.39, 0.29) is 0 Å². The first kappa shape index (κ1) is 13.2. The molecule has 104 valence electrons. The van der Waals surface area contributed by atoms with Crippen LogP contribution in [0.3, 0.4) is 0 Å². The Bertz CT molecular complexity index is 982. The number of para-hydroxylation sites is 1. The maximum absolute atomic E-state index is 9.49. The number of hydrogen-bond donors (Lipinski definition) is 0. The largest absolute Gasteiger partial charge is 0.235 e. The van der Waals surface area contributed by atoms with Crippen LogP contribution in [0.1, 0.15) is 9.88 Å². The fraction of sp³-hybridized carbons (Fsp3) is 0. The van der Waals surface area contributed by atoms with E-state index < -0.39 is 0 Å². The summed E-state index contributed by atoms with van der Waals surface area (Å²) in [5, 5.41) is 11.5. The second-order valence-electron chi connectivity index (χ2n) is 4.84. The molecule has 0 unspecified atom stereocenters. The molecule has 2 aromatic carbocycles. The summed E-state index contributed by atoms with van der Waals surface area (Å²) in [5.41, 5.74) is 1.56. The van der Waals surface area contributed by atoms with Gasteiger partial charge in [-0.25, -0.2) is 4.98 Å². The minimum Gasteiger partial charge on any atom is -0.235 e. The third kappa shape index (κ3) is 2.31. The molecule has 0 N–H and O–H groups in total. The molecule has 22 heavy (non-hydrogen) atoms. The van der Waals surface area contributed by atoms with E-state index in [1.807, 2.05) is 42.5 Å². The number of aromatic nitrogens is 1. The van der Waals surface area contributed by atoms with Crippen molar-refractivity contribution >= 4 is 54.6 Å². The predicted molar refractivity (Wildman–Crippen MR) is 94.9 cm³/mol. The molecule has 0 radical (unpaired) electrons. The van der Waals surface area contributed by atoms with Gasteiger partial charge in [-0.05, 0) is 35.7 Å². The van der Waals surface area contributed by atoms with Crippen LogP contribution in [0, 0.1) is 11.3 Å². The van der Waals surface area contributed by atoms with Gasteiger partial charge in [-0.15, -0.1) is 22.7 Å². The number of fused-ring (bicyclic) bond motifs is 2. The SMILES string of the molecule is N#C/C(=C\c1cc2ccccc2s1)c1nc2ccccc2s1. The van der Waals surface area contributed by atoms with Crippen LogP contribution in [0.4, 0.5) is 0 Å². The van der Waals surface area contributed by atoms with Crippen LogP contribution in [0.25, 0.3) is 32.0 Å². The predicted octanol–water partition coefficient (Wildman–Crippen LogP) is 5.58. The number of hydrogen-bond acceptors (Lipinski definition) is 4. The molecule has 4 aromatic rings. The molecule has 0 bridgehead atoms. The summed E-state index contributed by atoms with van der Waals surface area (Å²) in [6, 6.07) is 20.6. The third-order valence-corrected chi connectivity index (χ3v) is 5.51. The lowest BCUT2D eigenvalue weighted by molar-refractivity contribution is 1.44. The van der Waals surface area contributed by atoms with Gasteiger partial charge in [0.25, 0.3) is 0 Å². The fourth-order valence-electron chi connectivity index (χ4n) is 2.35. The van der Waals surface area contributed by atoms with Crippen molar-refractivity contribution in [2.24, 2.45) is 0 Å². The number of nitriles is 1. The molecular formula is C18H10N2S2. The maximum Gasteiger partial charge on any atom is 0.135 e. The van der Waals surface area contributed by atoms with Crippen molar-refractivity contribution < 1.29 is 0 Å². The van der Waals surface area contributed by atoms with Crippen molar-refractivity contribution in [2.45, 2.75) is 0 Å². The molecule has 2 nitrogen and oxygen atoms in total. The van der Waals surface area contributed by atoms with Crippen molar-refractivity contribution in [3.8, 4) is 6.07 Å². The quantitative estimate of drug-likeness (QED) is 0.453. The highest BCUT2D eigenvalue weighted by Gasteiger charge is 2.09. The summed E-state index contributed by atoms with van der Waals surface area (Å²) in [5.74, 6) is 0. The number of thiophene rings is 1. The van der Waals surface area contributed by atoms with Gasteiger partial charge in [0.1, 0.15) is 11.1 Å². The Hall–Kier alpha value is -2.48. The van der Waals surface area contributed by atoms with Crippen molar-refractivity contribution in [2.75, 3.05) is 0 Å². The van der Waals surface area contributed by atoms with E-state index in [1.54, 1.807) is 22.7 Å². The Morgan fingerprint density at radius 2 is 1.77 bits per heavy atom.